The Hall–Kier alpha value is -1.81. The van der Waals surface area contributed by atoms with Crippen LogP contribution in [0, 0.1) is 6.92 Å². The monoisotopic (exact) mass is 257 g/mol. The molecule has 0 aliphatic carbocycles. The molecule has 2 N–H and O–H groups in total. The van der Waals surface area contributed by atoms with E-state index in [-0.39, 0.29) is 5.75 Å². The number of piperidine rings is 1. The highest BCUT2D eigenvalue weighted by Gasteiger charge is 2.20. The number of para-hydroxylation sites is 2. The summed E-state index contributed by atoms with van der Waals surface area (Å²) in [5, 5.41) is 17.8. The van der Waals surface area contributed by atoms with Gasteiger partial charge in [0.05, 0.1) is 6.20 Å². The average Bonchev–Trinajstić information content (AvgIpc) is 2.82. The normalized spacial score (nSPS) is 16.7. The lowest BCUT2D eigenvalue weighted by Gasteiger charge is -2.22. The topological polar surface area (TPSA) is 50.1 Å². The van der Waals surface area contributed by atoms with Gasteiger partial charge in [0.15, 0.2) is 0 Å². The highest BCUT2D eigenvalue weighted by atomic mass is 16.3. The zero-order valence-corrected chi connectivity index (χ0v) is 11.1. The standard InChI is InChI=1S/C15H19N3O/c1-11-13(12-6-8-16-9-7-12)10-17-18(11)14-4-2-3-5-15(14)19/h2-5,10,12,16,19H,6-9H2,1H3. The van der Waals surface area contributed by atoms with Crippen molar-refractivity contribution < 1.29 is 5.11 Å². The predicted octanol–water partition coefficient (Wildman–Crippen LogP) is 2.35. The lowest BCUT2D eigenvalue weighted by molar-refractivity contribution is 0.458. The van der Waals surface area contributed by atoms with Crippen LogP contribution in [0.5, 0.6) is 5.75 Å². The minimum atomic E-state index is 0.269. The SMILES string of the molecule is Cc1c(C2CCNCC2)cnn1-c1ccccc1O. The Morgan fingerprint density at radius 2 is 2.00 bits per heavy atom. The summed E-state index contributed by atoms with van der Waals surface area (Å²) in [6.07, 6.45) is 4.28. The van der Waals surface area contributed by atoms with Crippen molar-refractivity contribution in [1.29, 1.82) is 0 Å². The Balaban J connectivity index is 1.97. The van der Waals surface area contributed by atoms with Crippen LogP contribution < -0.4 is 5.32 Å². The highest BCUT2D eigenvalue weighted by Crippen LogP contribution is 2.30. The van der Waals surface area contributed by atoms with E-state index in [1.807, 2.05) is 29.1 Å². The summed E-state index contributed by atoms with van der Waals surface area (Å²) in [4.78, 5) is 0. The van der Waals surface area contributed by atoms with Crippen molar-refractivity contribution in [1.82, 2.24) is 15.1 Å². The van der Waals surface area contributed by atoms with Gasteiger partial charge in [0.25, 0.3) is 0 Å². The predicted molar refractivity (Wildman–Crippen MR) is 74.8 cm³/mol. The number of nitrogens with one attached hydrogen (secondary N) is 1. The minimum Gasteiger partial charge on any atom is -0.506 e. The molecule has 4 heteroatoms. The molecule has 0 radical (unpaired) electrons. The molecule has 0 unspecified atom stereocenters. The zero-order chi connectivity index (χ0) is 13.2. The molecule has 1 aromatic heterocycles. The van der Waals surface area contributed by atoms with Gasteiger partial charge in [0.1, 0.15) is 11.4 Å². The van der Waals surface area contributed by atoms with Crippen LogP contribution in [0.3, 0.4) is 0 Å². The fourth-order valence-electron chi connectivity index (χ4n) is 2.84. The Morgan fingerprint density at radius 1 is 1.26 bits per heavy atom. The number of phenolic OH excluding ortho intramolecular Hbond substituents is 1. The van der Waals surface area contributed by atoms with Gasteiger partial charge in [-0.15, -0.1) is 0 Å². The summed E-state index contributed by atoms with van der Waals surface area (Å²) in [5.74, 6) is 0.853. The molecule has 1 aromatic carbocycles. The quantitative estimate of drug-likeness (QED) is 0.868. The molecule has 1 aliphatic heterocycles. The Morgan fingerprint density at radius 3 is 2.74 bits per heavy atom. The third-order valence-electron chi connectivity index (χ3n) is 3.94. The first-order valence-electron chi connectivity index (χ1n) is 6.81. The number of aromatic hydroxyl groups is 1. The number of rotatable bonds is 2. The minimum absolute atomic E-state index is 0.269. The molecule has 0 bridgehead atoms. The van der Waals surface area contributed by atoms with Crippen molar-refractivity contribution in [2.75, 3.05) is 13.1 Å². The van der Waals surface area contributed by atoms with Crippen LogP contribution in [-0.4, -0.2) is 28.0 Å². The van der Waals surface area contributed by atoms with Crippen LogP contribution in [0.25, 0.3) is 5.69 Å². The number of hydrogen-bond donors (Lipinski definition) is 2. The van der Waals surface area contributed by atoms with E-state index in [4.69, 9.17) is 0 Å². The molecule has 100 valence electrons. The van der Waals surface area contributed by atoms with Gasteiger partial charge in [0, 0.05) is 5.69 Å². The Labute approximate surface area is 113 Å². The van der Waals surface area contributed by atoms with E-state index < -0.39 is 0 Å². The van der Waals surface area contributed by atoms with Crippen LogP contribution in [-0.2, 0) is 0 Å². The largest absolute Gasteiger partial charge is 0.506 e. The maximum absolute atomic E-state index is 9.94. The lowest BCUT2D eigenvalue weighted by atomic mass is 9.91. The fraction of sp³-hybridized carbons (Fsp3) is 0.400. The molecule has 1 fully saturated rings. The maximum Gasteiger partial charge on any atom is 0.141 e. The summed E-state index contributed by atoms with van der Waals surface area (Å²) in [5.41, 5.74) is 3.19. The number of phenols is 1. The fourth-order valence-corrected chi connectivity index (χ4v) is 2.84. The molecule has 2 aromatic rings. The number of hydrogen-bond acceptors (Lipinski definition) is 3. The molecule has 1 aliphatic rings. The van der Waals surface area contributed by atoms with E-state index in [1.165, 1.54) is 5.56 Å². The van der Waals surface area contributed by atoms with Crippen molar-refractivity contribution in [2.45, 2.75) is 25.7 Å². The van der Waals surface area contributed by atoms with Gasteiger partial charge in [-0.3, -0.25) is 0 Å². The summed E-state index contributed by atoms with van der Waals surface area (Å²) < 4.78 is 1.84. The lowest BCUT2D eigenvalue weighted by Crippen LogP contribution is -2.26. The summed E-state index contributed by atoms with van der Waals surface area (Å²) in [6.45, 7) is 4.23. The summed E-state index contributed by atoms with van der Waals surface area (Å²) in [6, 6.07) is 7.33. The maximum atomic E-state index is 9.94. The van der Waals surface area contributed by atoms with Gasteiger partial charge >= 0.3 is 0 Å². The Kier molecular flexibility index (Phi) is 3.25. The van der Waals surface area contributed by atoms with Gasteiger partial charge in [-0.1, -0.05) is 12.1 Å². The van der Waals surface area contributed by atoms with Crippen molar-refractivity contribution >= 4 is 0 Å². The highest BCUT2D eigenvalue weighted by molar-refractivity contribution is 5.46. The molecular weight excluding hydrogens is 238 g/mol. The first kappa shape index (κ1) is 12.2. The van der Waals surface area contributed by atoms with E-state index in [2.05, 4.69) is 17.3 Å². The second kappa shape index (κ2) is 5.05. The van der Waals surface area contributed by atoms with Gasteiger partial charge in [-0.25, -0.2) is 4.68 Å². The van der Waals surface area contributed by atoms with Crippen molar-refractivity contribution in [2.24, 2.45) is 0 Å². The molecule has 3 rings (SSSR count). The smallest absolute Gasteiger partial charge is 0.141 e. The van der Waals surface area contributed by atoms with Crippen LogP contribution in [0.2, 0.25) is 0 Å². The van der Waals surface area contributed by atoms with Gasteiger partial charge in [-0.2, -0.15) is 5.10 Å². The first-order valence-corrected chi connectivity index (χ1v) is 6.81. The summed E-state index contributed by atoms with van der Waals surface area (Å²) >= 11 is 0. The van der Waals surface area contributed by atoms with Crippen molar-refractivity contribution in [3.63, 3.8) is 0 Å². The molecule has 1 saturated heterocycles. The molecule has 19 heavy (non-hydrogen) atoms. The van der Waals surface area contributed by atoms with E-state index in [9.17, 15) is 5.11 Å². The Bertz CT molecular complexity index is 571. The molecule has 0 atom stereocenters. The molecule has 0 spiro atoms. The number of nitrogens with zero attached hydrogens (tertiary/aromatic N) is 2. The van der Waals surface area contributed by atoms with Crippen molar-refractivity contribution in [3.8, 4) is 11.4 Å². The number of aromatic nitrogens is 2. The van der Waals surface area contributed by atoms with E-state index in [0.29, 0.717) is 5.92 Å². The second-order valence-corrected chi connectivity index (χ2v) is 5.11. The van der Waals surface area contributed by atoms with Crippen LogP contribution >= 0.6 is 0 Å². The van der Waals surface area contributed by atoms with Gasteiger partial charge in [0.2, 0.25) is 0 Å². The van der Waals surface area contributed by atoms with Gasteiger partial charge in [-0.05, 0) is 56.5 Å². The molecule has 0 amide bonds. The van der Waals surface area contributed by atoms with Crippen molar-refractivity contribution in [3.05, 3.63) is 41.7 Å². The van der Waals surface area contributed by atoms with E-state index in [1.54, 1.807) is 6.07 Å². The number of benzene rings is 1. The molecular formula is C15H19N3O. The average molecular weight is 257 g/mol. The molecule has 4 nitrogen and oxygen atoms in total. The molecule has 2 heterocycles. The first-order chi connectivity index (χ1) is 9.27. The third kappa shape index (κ3) is 2.24. The van der Waals surface area contributed by atoms with Crippen LogP contribution in [0.15, 0.2) is 30.5 Å². The van der Waals surface area contributed by atoms with E-state index >= 15 is 0 Å². The van der Waals surface area contributed by atoms with E-state index in [0.717, 1.165) is 37.3 Å². The summed E-state index contributed by atoms with van der Waals surface area (Å²) in [7, 11) is 0. The van der Waals surface area contributed by atoms with Gasteiger partial charge < -0.3 is 10.4 Å². The zero-order valence-electron chi connectivity index (χ0n) is 11.1. The van der Waals surface area contributed by atoms with Crippen LogP contribution in [0.4, 0.5) is 0 Å². The molecule has 0 saturated carbocycles. The third-order valence-corrected chi connectivity index (χ3v) is 3.94. The second-order valence-electron chi connectivity index (χ2n) is 5.11. The van der Waals surface area contributed by atoms with Crippen LogP contribution in [0.1, 0.15) is 30.0 Å².